The lowest BCUT2D eigenvalue weighted by atomic mass is 9.78. The lowest BCUT2D eigenvalue weighted by molar-refractivity contribution is -0.0658. The molecule has 0 aromatic carbocycles. The number of halogens is 1. The highest BCUT2D eigenvalue weighted by molar-refractivity contribution is 14.1. The van der Waals surface area contributed by atoms with Gasteiger partial charge < -0.3 is 14.2 Å². The Hall–Kier alpha value is 0.610. The van der Waals surface area contributed by atoms with Crippen LogP contribution in [0.3, 0.4) is 0 Å². The van der Waals surface area contributed by atoms with Gasteiger partial charge >= 0.3 is 0 Å². The standard InChI is InChI=1S/C16H31IO3/c1-3-5-15-6-8-16(14-17,9-7-15)20-11-4-10-19-13-12-18-2/h15H,3-14H2,1-2H3. The zero-order chi connectivity index (χ0) is 14.7. The van der Waals surface area contributed by atoms with E-state index in [0.717, 1.165) is 30.0 Å². The van der Waals surface area contributed by atoms with Crippen molar-refractivity contribution in [3.63, 3.8) is 0 Å². The second-order valence-corrected chi connectivity index (χ2v) is 6.62. The molecule has 0 aromatic heterocycles. The molecule has 0 N–H and O–H groups in total. The fourth-order valence-electron chi connectivity index (χ4n) is 2.91. The molecule has 1 rings (SSSR count). The second kappa shape index (κ2) is 11.2. The van der Waals surface area contributed by atoms with Crippen LogP contribution in [0.4, 0.5) is 0 Å². The zero-order valence-electron chi connectivity index (χ0n) is 13.2. The van der Waals surface area contributed by atoms with E-state index < -0.39 is 0 Å². The van der Waals surface area contributed by atoms with Gasteiger partial charge in [0.15, 0.2) is 0 Å². The van der Waals surface area contributed by atoms with Gasteiger partial charge in [-0.15, -0.1) is 0 Å². The van der Waals surface area contributed by atoms with E-state index in [1.54, 1.807) is 7.11 Å². The van der Waals surface area contributed by atoms with Crippen molar-refractivity contribution in [3.05, 3.63) is 0 Å². The molecule has 0 saturated heterocycles. The third-order valence-electron chi connectivity index (χ3n) is 4.23. The Balaban J connectivity index is 2.13. The van der Waals surface area contributed by atoms with Crippen molar-refractivity contribution >= 4 is 22.6 Å². The van der Waals surface area contributed by atoms with Crippen LogP contribution in [-0.4, -0.2) is 43.6 Å². The van der Waals surface area contributed by atoms with Gasteiger partial charge in [0.05, 0.1) is 18.8 Å². The van der Waals surface area contributed by atoms with E-state index in [2.05, 4.69) is 29.5 Å². The van der Waals surface area contributed by atoms with Gasteiger partial charge in [-0.05, 0) is 38.0 Å². The number of methoxy groups -OCH3 is 1. The molecule has 0 heterocycles. The average Bonchev–Trinajstić information content (AvgIpc) is 2.48. The minimum atomic E-state index is 0.150. The predicted molar refractivity (Wildman–Crippen MR) is 91.7 cm³/mol. The number of hydrogen-bond acceptors (Lipinski definition) is 3. The summed E-state index contributed by atoms with van der Waals surface area (Å²) in [5.41, 5.74) is 0.150. The summed E-state index contributed by atoms with van der Waals surface area (Å²) in [5.74, 6) is 0.942. The molecule has 1 aliphatic rings. The van der Waals surface area contributed by atoms with Crippen LogP contribution in [0.5, 0.6) is 0 Å². The topological polar surface area (TPSA) is 27.7 Å². The van der Waals surface area contributed by atoms with E-state index in [9.17, 15) is 0 Å². The predicted octanol–water partition coefficient (Wildman–Crippen LogP) is 4.22. The van der Waals surface area contributed by atoms with Crippen LogP contribution in [-0.2, 0) is 14.2 Å². The zero-order valence-corrected chi connectivity index (χ0v) is 15.3. The average molecular weight is 398 g/mol. The van der Waals surface area contributed by atoms with Crippen LogP contribution in [0, 0.1) is 5.92 Å². The van der Waals surface area contributed by atoms with Crippen LogP contribution < -0.4 is 0 Å². The Morgan fingerprint density at radius 1 is 1.10 bits per heavy atom. The summed E-state index contributed by atoms with van der Waals surface area (Å²) >= 11 is 2.49. The molecule has 0 unspecified atom stereocenters. The lowest BCUT2D eigenvalue weighted by Crippen LogP contribution is -2.39. The first-order chi connectivity index (χ1) is 9.76. The normalized spacial score (nSPS) is 26.9. The maximum Gasteiger partial charge on any atom is 0.0771 e. The Morgan fingerprint density at radius 2 is 1.85 bits per heavy atom. The summed E-state index contributed by atoms with van der Waals surface area (Å²) in [6.07, 6.45) is 8.88. The van der Waals surface area contributed by atoms with E-state index >= 15 is 0 Å². The maximum atomic E-state index is 6.23. The van der Waals surface area contributed by atoms with Crippen LogP contribution in [0.25, 0.3) is 0 Å². The molecule has 0 atom stereocenters. The first-order valence-electron chi connectivity index (χ1n) is 8.03. The molecular weight excluding hydrogens is 367 g/mol. The van der Waals surface area contributed by atoms with Crippen molar-refractivity contribution in [1.29, 1.82) is 0 Å². The molecule has 0 bridgehead atoms. The van der Waals surface area contributed by atoms with Crippen molar-refractivity contribution < 1.29 is 14.2 Å². The molecular formula is C16H31IO3. The van der Waals surface area contributed by atoms with E-state index in [0.29, 0.717) is 13.2 Å². The fraction of sp³-hybridized carbons (Fsp3) is 1.00. The number of hydrogen-bond donors (Lipinski definition) is 0. The lowest BCUT2D eigenvalue weighted by Gasteiger charge is -2.39. The molecule has 0 amide bonds. The minimum absolute atomic E-state index is 0.150. The number of ether oxygens (including phenoxy) is 3. The van der Waals surface area contributed by atoms with Gasteiger partial charge in [-0.25, -0.2) is 0 Å². The van der Waals surface area contributed by atoms with Gasteiger partial charge in [-0.1, -0.05) is 42.4 Å². The molecule has 20 heavy (non-hydrogen) atoms. The molecule has 4 heteroatoms. The summed E-state index contributed by atoms with van der Waals surface area (Å²) in [4.78, 5) is 0. The van der Waals surface area contributed by atoms with Crippen molar-refractivity contribution in [2.75, 3.05) is 38.0 Å². The van der Waals surface area contributed by atoms with Gasteiger partial charge in [0.25, 0.3) is 0 Å². The van der Waals surface area contributed by atoms with Crippen molar-refractivity contribution in [1.82, 2.24) is 0 Å². The van der Waals surface area contributed by atoms with Gasteiger partial charge in [0.1, 0.15) is 0 Å². The smallest absolute Gasteiger partial charge is 0.0771 e. The highest BCUT2D eigenvalue weighted by Gasteiger charge is 2.34. The highest BCUT2D eigenvalue weighted by atomic mass is 127. The monoisotopic (exact) mass is 398 g/mol. The third kappa shape index (κ3) is 7.05. The molecule has 1 aliphatic carbocycles. The SMILES string of the molecule is CCCC1CCC(CI)(OCCCOCCOC)CC1. The largest absolute Gasteiger partial charge is 0.382 e. The van der Waals surface area contributed by atoms with Crippen molar-refractivity contribution in [3.8, 4) is 0 Å². The van der Waals surface area contributed by atoms with Crippen LogP contribution in [0.1, 0.15) is 51.9 Å². The number of alkyl halides is 1. The first kappa shape index (κ1) is 18.7. The molecule has 0 aliphatic heterocycles. The molecule has 0 radical (unpaired) electrons. The minimum Gasteiger partial charge on any atom is -0.382 e. The van der Waals surface area contributed by atoms with Crippen LogP contribution in [0.15, 0.2) is 0 Å². The Bertz CT molecular complexity index is 228. The van der Waals surface area contributed by atoms with E-state index in [4.69, 9.17) is 14.2 Å². The van der Waals surface area contributed by atoms with Gasteiger partial charge in [-0.3, -0.25) is 0 Å². The Kier molecular flexibility index (Phi) is 10.5. The first-order valence-corrected chi connectivity index (χ1v) is 9.55. The van der Waals surface area contributed by atoms with E-state index in [1.807, 2.05) is 0 Å². The molecule has 0 spiro atoms. The van der Waals surface area contributed by atoms with Crippen LogP contribution >= 0.6 is 22.6 Å². The Labute approximate surface area is 138 Å². The van der Waals surface area contributed by atoms with Crippen LogP contribution in [0.2, 0.25) is 0 Å². The number of rotatable bonds is 11. The summed E-state index contributed by atoms with van der Waals surface area (Å²) in [6, 6.07) is 0. The van der Waals surface area contributed by atoms with Gasteiger partial charge in [0, 0.05) is 24.8 Å². The van der Waals surface area contributed by atoms with Crippen molar-refractivity contribution in [2.24, 2.45) is 5.92 Å². The van der Waals surface area contributed by atoms with E-state index in [1.165, 1.54) is 38.5 Å². The molecule has 120 valence electrons. The quantitative estimate of drug-likeness (QED) is 0.296. The second-order valence-electron chi connectivity index (χ2n) is 5.86. The molecule has 0 aromatic rings. The fourth-order valence-corrected chi connectivity index (χ4v) is 3.89. The molecule has 1 saturated carbocycles. The molecule has 3 nitrogen and oxygen atoms in total. The summed E-state index contributed by atoms with van der Waals surface area (Å²) in [6.45, 7) is 5.26. The highest BCUT2D eigenvalue weighted by Crippen LogP contribution is 2.38. The summed E-state index contributed by atoms with van der Waals surface area (Å²) < 4.78 is 17.8. The molecule has 1 fully saturated rings. The van der Waals surface area contributed by atoms with Crippen molar-refractivity contribution in [2.45, 2.75) is 57.5 Å². The van der Waals surface area contributed by atoms with Gasteiger partial charge in [-0.2, -0.15) is 0 Å². The van der Waals surface area contributed by atoms with E-state index in [-0.39, 0.29) is 5.60 Å². The summed E-state index contributed by atoms with van der Waals surface area (Å²) in [7, 11) is 1.70. The Morgan fingerprint density at radius 3 is 2.45 bits per heavy atom. The van der Waals surface area contributed by atoms with Gasteiger partial charge in [0.2, 0.25) is 0 Å². The maximum absolute atomic E-state index is 6.23. The third-order valence-corrected chi connectivity index (χ3v) is 5.62. The summed E-state index contributed by atoms with van der Waals surface area (Å²) in [5, 5.41) is 0.